The van der Waals surface area contributed by atoms with E-state index in [0.29, 0.717) is 0 Å². The summed E-state index contributed by atoms with van der Waals surface area (Å²) >= 11 is -1.13. The Balaban J connectivity index is 3.60. The molecule has 0 bridgehead atoms. The van der Waals surface area contributed by atoms with E-state index >= 15 is 0 Å². The van der Waals surface area contributed by atoms with Gasteiger partial charge in [0.15, 0.2) is 0 Å². The van der Waals surface area contributed by atoms with Gasteiger partial charge in [-0.3, -0.25) is 0 Å². The van der Waals surface area contributed by atoms with Crippen molar-refractivity contribution in [3.05, 3.63) is 0 Å². The van der Waals surface area contributed by atoms with Crippen LogP contribution in [-0.2, 0) is 0 Å². The summed E-state index contributed by atoms with van der Waals surface area (Å²) in [5.41, 5.74) is 0. The molecule has 0 rings (SSSR count). The van der Waals surface area contributed by atoms with Gasteiger partial charge in [0, 0.05) is 0 Å². The summed E-state index contributed by atoms with van der Waals surface area (Å²) < 4.78 is 4.82. The zero-order chi connectivity index (χ0) is 14.5. The first-order chi connectivity index (χ1) is 9.13. The van der Waals surface area contributed by atoms with E-state index in [9.17, 15) is 0 Å². The standard InChI is InChI=1S/2C7H16N.C2H5.In/c2*1-4-6-8(3)7-5-2;1-2;/h2*1,4-7H2,2-3H3;1H2,2H3;. The fourth-order valence-corrected chi connectivity index (χ4v) is 10.3. The van der Waals surface area contributed by atoms with Crippen molar-refractivity contribution < 1.29 is 0 Å². The van der Waals surface area contributed by atoms with E-state index in [1.165, 1.54) is 51.9 Å². The third kappa shape index (κ3) is 12.3. The van der Waals surface area contributed by atoms with Gasteiger partial charge in [0.25, 0.3) is 0 Å². The van der Waals surface area contributed by atoms with Crippen LogP contribution in [-0.4, -0.2) is 71.5 Å². The fourth-order valence-electron chi connectivity index (χ4n) is 2.84. The monoisotopic (exact) mass is 372 g/mol. The van der Waals surface area contributed by atoms with Gasteiger partial charge in [0.05, 0.1) is 0 Å². The predicted molar refractivity (Wildman–Crippen MR) is 90.7 cm³/mol. The van der Waals surface area contributed by atoms with Crippen LogP contribution in [0.2, 0.25) is 12.5 Å². The molecule has 0 aromatic heterocycles. The van der Waals surface area contributed by atoms with E-state index in [0.717, 1.165) is 0 Å². The Labute approximate surface area is 130 Å². The van der Waals surface area contributed by atoms with Gasteiger partial charge in [-0.05, 0) is 0 Å². The molecule has 0 saturated carbocycles. The van der Waals surface area contributed by atoms with Crippen molar-refractivity contribution in [2.45, 2.75) is 59.0 Å². The normalized spacial score (nSPS) is 11.5. The minimum atomic E-state index is -1.13. The second-order valence-corrected chi connectivity index (χ2v) is 16.7. The molecule has 0 aliphatic heterocycles. The van der Waals surface area contributed by atoms with Crippen LogP contribution in [0.15, 0.2) is 0 Å². The van der Waals surface area contributed by atoms with E-state index in [1.807, 2.05) is 0 Å². The van der Waals surface area contributed by atoms with Gasteiger partial charge in [0.2, 0.25) is 0 Å². The Morgan fingerprint density at radius 3 is 1.42 bits per heavy atom. The van der Waals surface area contributed by atoms with Gasteiger partial charge >= 0.3 is 130 Å². The maximum absolute atomic E-state index is 2.51. The number of hydrogen-bond donors (Lipinski definition) is 0. The Kier molecular flexibility index (Phi) is 14.3. The van der Waals surface area contributed by atoms with Crippen molar-refractivity contribution in [1.82, 2.24) is 9.80 Å². The first kappa shape index (κ1) is 19.8. The first-order valence-corrected chi connectivity index (χ1v) is 15.5. The molecule has 0 fully saturated rings. The Morgan fingerprint density at radius 2 is 1.11 bits per heavy atom. The Morgan fingerprint density at radius 1 is 0.684 bits per heavy atom. The van der Waals surface area contributed by atoms with Crippen LogP contribution < -0.4 is 0 Å². The molecular formula is C16H37InN2. The van der Waals surface area contributed by atoms with Crippen LogP contribution in [0.1, 0.15) is 46.5 Å². The quantitative estimate of drug-likeness (QED) is 0.483. The number of rotatable bonds is 13. The molecule has 0 aromatic rings. The van der Waals surface area contributed by atoms with E-state index in [-0.39, 0.29) is 0 Å². The van der Waals surface area contributed by atoms with Crippen molar-refractivity contribution >= 4 is 21.4 Å². The average Bonchev–Trinajstić information content (AvgIpc) is 2.37. The molecule has 0 amide bonds. The molecule has 0 N–H and O–H groups in total. The fraction of sp³-hybridized carbons (Fsp3) is 1.00. The van der Waals surface area contributed by atoms with Crippen molar-refractivity contribution in [2.75, 3.05) is 40.3 Å². The predicted octanol–water partition coefficient (Wildman–Crippen LogP) is 3.96. The van der Waals surface area contributed by atoms with Gasteiger partial charge < -0.3 is 0 Å². The summed E-state index contributed by atoms with van der Waals surface area (Å²) in [4.78, 5) is 5.02. The summed E-state index contributed by atoms with van der Waals surface area (Å²) in [5, 5.41) is 0. The molecule has 19 heavy (non-hydrogen) atoms. The van der Waals surface area contributed by atoms with Crippen LogP contribution >= 0.6 is 0 Å². The summed E-state index contributed by atoms with van der Waals surface area (Å²) in [6, 6.07) is 0. The summed E-state index contributed by atoms with van der Waals surface area (Å²) in [6.07, 6.45) is 5.52. The van der Waals surface area contributed by atoms with E-state index < -0.39 is 21.4 Å². The molecule has 0 aliphatic carbocycles. The van der Waals surface area contributed by atoms with Crippen LogP contribution in [0.25, 0.3) is 0 Å². The average molecular weight is 372 g/mol. The summed E-state index contributed by atoms with van der Waals surface area (Å²) in [7, 11) is 4.55. The Bertz CT molecular complexity index is 170. The Hall–Kier alpha value is 0.790. The third-order valence-corrected chi connectivity index (χ3v) is 14.4. The molecule has 0 saturated heterocycles. The van der Waals surface area contributed by atoms with Crippen LogP contribution in [0.3, 0.4) is 0 Å². The van der Waals surface area contributed by atoms with Crippen molar-refractivity contribution in [3.63, 3.8) is 0 Å². The van der Waals surface area contributed by atoms with Crippen LogP contribution in [0, 0.1) is 0 Å². The zero-order valence-electron chi connectivity index (χ0n) is 14.2. The van der Waals surface area contributed by atoms with Crippen LogP contribution in [0.4, 0.5) is 0 Å². The van der Waals surface area contributed by atoms with Gasteiger partial charge in [0.1, 0.15) is 0 Å². The third-order valence-electron chi connectivity index (χ3n) is 4.09. The SMILES string of the molecule is CCCN(C)CC[CH2][In]([CH2]C)[CH2]CCN(C)CCC. The second kappa shape index (κ2) is 13.8. The molecular weight excluding hydrogens is 335 g/mol. The van der Waals surface area contributed by atoms with Gasteiger partial charge in [-0.2, -0.15) is 0 Å². The summed E-state index contributed by atoms with van der Waals surface area (Å²) in [6.45, 7) is 12.2. The van der Waals surface area contributed by atoms with E-state index in [1.54, 1.807) is 12.5 Å². The topological polar surface area (TPSA) is 6.48 Å². The summed E-state index contributed by atoms with van der Waals surface area (Å²) in [5.74, 6) is 0. The number of nitrogens with zero attached hydrogens (tertiary/aromatic N) is 2. The van der Waals surface area contributed by atoms with Crippen molar-refractivity contribution in [2.24, 2.45) is 0 Å². The van der Waals surface area contributed by atoms with E-state index in [4.69, 9.17) is 0 Å². The van der Waals surface area contributed by atoms with Crippen molar-refractivity contribution in [3.8, 4) is 0 Å². The van der Waals surface area contributed by atoms with Gasteiger partial charge in [-0.25, -0.2) is 0 Å². The first-order valence-electron chi connectivity index (χ1n) is 8.51. The molecule has 0 radical (unpaired) electrons. The molecule has 0 aliphatic rings. The zero-order valence-corrected chi connectivity index (χ0v) is 17.5. The molecule has 0 unspecified atom stereocenters. The molecule has 114 valence electrons. The minimum absolute atomic E-state index is 1.13. The molecule has 3 heteroatoms. The second-order valence-electron chi connectivity index (χ2n) is 6.17. The maximum atomic E-state index is 2.51. The van der Waals surface area contributed by atoms with E-state index in [2.05, 4.69) is 44.7 Å². The number of hydrogen-bond acceptors (Lipinski definition) is 2. The van der Waals surface area contributed by atoms with Crippen LogP contribution in [0.5, 0.6) is 0 Å². The van der Waals surface area contributed by atoms with Gasteiger partial charge in [-0.1, -0.05) is 0 Å². The molecule has 0 atom stereocenters. The molecule has 0 aromatic carbocycles. The van der Waals surface area contributed by atoms with Crippen molar-refractivity contribution in [1.29, 1.82) is 0 Å². The molecule has 0 heterocycles. The van der Waals surface area contributed by atoms with Gasteiger partial charge in [-0.15, -0.1) is 0 Å². The molecule has 0 spiro atoms. The molecule has 2 nitrogen and oxygen atoms in total.